The zero-order valence-corrected chi connectivity index (χ0v) is 15.3. The Balaban J connectivity index is 1.93. The van der Waals surface area contributed by atoms with Crippen molar-refractivity contribution in [3.05, 3.63) is 110 Å². The number of benzene rings is 3. The Hall–Kier alpha value is -3.18. The Bertz CT molecular complexity index is 972. The summed E-state index contributed by atoms with van der Waals surface area (Å²) >= 11 is 6.10. The van der Waals surface area contributed by atoms with Crippen molar-refractivity contribution in [3.8, 4) is 0 Å². The minimum absolute atomic E-state index is 0.0393. The largest absolute Gasteiger partial charge is 0.341 e. The van der Waals surface area contributed by atoms with E-state index in [1.54, 1.807) is 0 Å². The van der Waals surface area contributed by atoms with Gasteiger partial charge in [0, 0.05) is 12.1 Å². The van der Waals surface area contributed by atoms with Gasteiger partial charge in [-0.1, -0.05) is 71.8 Å². The van der Waals surface area contributed by atoms with Crippen LogP contribution in [-0.4, -0.2) is 10.8 Å². The van der Waals surface area contributed by atoms with Crippen molar-refractivity contribution in [3.63, 3.8) is 0 Å². The van der Waals surface area contributed by atoms with Crippen LogP contribution >= 0.6 is 11.6 Å². The number of rotatable bonds is 5. The molecule has 0 saturated carbocycles. The summed E-state index contributed by atoms with van der Waals surface area (Å²) in [5.41, 5.74) is 3.01. The summed E-state index contributed by atoms with van der Waals surface area (Å²) in [6.07, 6.45) is 0. The molecule has 3 aromatic rings. The molecule has 0 spiro atoms. The van der Waals surface area contributed by atoms with Crippen LogP contribution in [0.1, 0.15) is 33.1 Å². The number of hydrogen-bond donors (Lipinski definition) is 1. The summed E-state index contributed by atoms with van der Waals surface area (Å²) < 4.78 is 0. The van der Waals surface area contributed by atoms with E-state index in [0.29, 0.717) is 0 Å². The monoisotopic (exact) mass is 380 g/mol. The van der Waals surface area contributed by atoms with Crippen molar-refractivity contribution in [2.24, 2.45) is 0 Å². The van der Waals surface area contributed by atoms with Crippen molar-refractivity contribution in [1.29, 1.82) is 0 Å². The fourth-order valence-electron chi connectivity index (χ4n) is 2.77. The Labute approximate surface area is 161 Å². The maximum absolute atomic E-state index is 12.8. The average molecular weight is 381 g/mol. The highest BCUT2D eigenvalue weighted by Gasteiger charge is 2.20. The molecule has 0 unspecified atom stereocenters. The number of carbonyl (C=O) groups is 1. The molecule has 0 bridgehead atoms. The van der Waals surface area contributed by atoms with E-state index in [0.717, 1.165) is 16.7 Å². The first-order chi connectivity index (χ1) is 13.0. The number of nitrogens with zero attached hydrogens (tertiary/aromatic N) is 1. The van der Waals surface area contributed by atoms with Crippen LogP contribution in [0.5, 0.6) is 0 Å². The maximum atomic E-state index is 12.8. The number of nitrogens with one attached hydrogen (secondary N) is 1. The van der Waals surface area contributed by atoms with Gasteiger partial charge in [-0.3, -0.25) is 14.9 Å². The molecule has 0 aliphatic heterocycles. The summed E-state index contributed by atoms with van der Waals surface area (Å²) in [7, 11) is 0. The van der Waals surface area contributed by atoms with E-state index < -0.39 is 10.8 Å². The molecule has 0 aliphatic carbocycles. The summed E-state index contributed by atoms with van der Waals surface area (Å²) in [5.74, 6) is -0.399. The third-order valence-corrected chi connectivity index (χ3v) is 4.54. The molecule has 136 valence electrons. The first-order valence-electron chi connectivity index (χ1n) is 8.32. The van der Waals surface area contributed by atoms with E-state index in [1.807, 2.05) is 61.5 Å². The van der Waals surface area contributed by atoms with Crippen LogP contribution in [0, 0.1) is 17.0 Å². The summed E-state index contributed by atoms with van der Waals surface area (Å²) in [6.45, 7) is 2.00. The lowest BCUT2D eigenvalue weighted by molar-refractivity contribution is -0.384. The zero-order valence-electron chi connectivity index (χ0n) is 14.6. The molecule has 0 heterocycles. The van der Waals surface area contributed by atoms with Gasteiger partial charge in [-0.2, -0.15) is 0 Å². The molecule has 1 N–H and O–H groups in total. The Kier molecular flexibility index (Phi) is 5.52. The standard InChI is InChI=1S/C21H17ClN2O3/c1-14-7-9-16(10-8-14)20(15-5-3-2-4-6-15)23-21(25)18-12-11-17(24(26)27)13-19(18)22/h2-13,20H,1H3,(H,23,25)/t20-/m1/s1. The molecule has 1 amide bonds. The minimum Gasteiger partial charge on any atom is -0.341 e. The van der Waals surface area contributed by atoms with Gasteiger partial charge in [0.05, 0.1) is 21.6 Å². The van der Waals surface area contributed by atoms with E-state index in [9.17, 15) is 14.9 Å². The third kappa shape index (κ3) is 4.33. The number of nitro groups is 1. The number of hydrogen-bond acceptors (Lipinski definition) is 3. The number of non-ortho nitro benzene ring substituents is 1. The predicted molar refractivity (Wildman–Crippen MR) is 105 cm³/mol. The number of amides is 1. The van der Waals surface area contributed by atoms with Crippen LogP contribution in [-0.2, 0) is 0 Å². The van der Waals surface area contributed by atoms with Crippen molar-refractivity contribution in [1.82, 2.24) is 5.32 Å². The second-order valence-corrected chi connectivity index (χ2v) is 6.56. The maximum Gasteiger partial charge on any atom is 0.270 e. The highest BCUT2D eigenvalue weighted by molar-refractivity contribution is 6.34. The highest BCUT2D eigenvalue weighted by Crippen LogP contribution is 2.26. The summed E-state index contributed by atoms with van der Waals surface area (Å²) in [5, 5.41) is 13.9. The van der Waals surface area contributed by atoms with Gasteiger partial charge < -0.3 is 5.32 Å². The average Bonchev–Trinajstić information content (AvgIpc) is 2.67. The van der Waals surface area contributed by atoms with Gasteiger partial charge in [0.2, 0.25) is 0 Å². The second kappa shape index (κ2) is 8.01. The molecule has 3 rings (SSSR count). The van der Waals surface area contributed by atoms with Gasteiger partial charge in [0.25, 0.3) is 11.6 Å². The van der Waals surface area contributed by atoms with Gasteiger partial charge in [-0.15, -0.1) is 0 Å². The van der Waals surface area contributed by atoms with Crippen LogP contribution < -0.4 is 5.32 Å². The lowest BCUT2D eigenvalue weighted by Crippen LogP contribution is -2.29. The van der Waals surface area contributed by atoms with Crippen LogP contribution in [0.4, 0.5) is 5.69 Å². The van der Waals surface area contributed by atoms with E-state index in [4.69, 9.17) is 11.6 Å². The van der Waals surface area contributed by atoms with Crippen LogP contribution in [0.3, 0.4) is 0 Å². The number of halogens is 1. The van der Waals surface area contributed by atoms with Gasteiger partial charge in [0.1, 0.15) is 0 Å². The molecule has 3 aromatic carbocycles. The van der Waals surface area contributed by atoms with E-state index in [2.05, 4.69) is 5.32 Å². The molecule has 0 radical (unpaired) electrons. The first kappa shape index (κ1) is 18.6. The molecule has 0 aromatic heterocycles. The highest BCUT2D eigenvalue weighted by atomic mass is 35.5. The Morgan fingerprint density at radius 2 is 1.63 bits per heavy atom. The molecule has 0 aliphatic rings. The van der Waals surface area contributed by atoms with Gasteiger partial charge in [-0.05, 0) is 24.1 Å². The Morgan fingerprint density at radius 1 is 1.00 bits per heavy atom. The Morgan fingerprint density at radius 3 is 2.22 bits per heavy atom. The third-order valence-electron chi connectivity index (χ3n) is 4.23. The molecular weight excluding hydrogens is 364 g/mol. The lowest BCUT2D eigenvalue weighted by atomic mass is 9.97. The molecule has 1 atom stereocenters. The van der Waals surface area contributed by atoms with Gasteiger partial charge in [0.15, 0.2) is 0 Å². The quantitative estimate of drug-likeness (QED) is 0.495. The van der Waals surface area contributed by atoms with Crippen LogP contribution in [0.25, 0.3) is 0 Å². The molecule has 0 saturated heterocycles. The van der Waals surface area contributed by atoms with Crippen LogP contribution in [0.15, 0.2) is 72.8 Å². The van der Waals surface area contributed by atoms with Crippen molar-refractivity contribution < 1.29 is 9.72 Å². The van der Waals surface area contributed by atoms with Crippen molar-refractivity contribution >= 4 is 23.2 Å². The summed E-state index contributed by atoms with van der Waals surface area (Å²) in [6, 6.07) is 20.9. The minimum atomic E-state index is -0.549. The normalized spacial score (nSPS) is 11.6. The molecule has 0 fully saturated rings. The fraction of sp³-hybridized carbons (Fsp3) is 0.0952. The number of aryl methyl sites for hydroxylation is 1. The van der Waals surface area contributed by atoms with E-state index in [-0.39, 0.29) is 22.3 Å². The fourth-order valence-corrected chi connectivity index (χ4v) is 3.03. The molecular formula is C21H17ClN2O3. The van der Waals surface area contributed by atoms with Crippen molar-refractivity contribution in [2.75, 3.05) is 0 Å². The molecule has 27 heavy (non-hydrogen) atoms. The summed E-state index contributed by atoms with van der Waals surface area (Å²) in [4.78, 5) is 23.1. The van der Waals surface area contributed by atoms with Gasteiger partial charge >= 0.3 is 0 Å². The topological polar surface area (TPSA) is 72.2 Å². The van der Waals surface area contributed by atoms with Crippen LogP contribution in [0.2, 0.25) is 5.02 Å². The SMILES string of the molecule is Cc1ccc([C@H](NC(=O)c2ccc([N+](=O)[O-])cc2Cl)c2ccccc2)cc1. The van der Waals surface area contributed by atoms with E-state index >= 15 is 0 Å². The smallest absolute Gasteiger partial charge is 0.270 e. The first-order valence-corrected chi connectivity index (χ1v) is 8.70. The lowest BCUT2D eigenvalue weighted by Gasteiger charge is -2.20. The zero-order chi connectivity index (χ0) is 19.4. The number of carbonyl (C=O) groups excluding carboxylic acids is 1. The second-order valence-electron chi connectivity index (χ2n) is 6.15. The number of nitro benzene ring substituents is 1. The predicted octanol–water partition coefficient (Wildman–Crippen LogP) is 5.08. The van der Waals surface area contributed by atoms with Gasteiger partial charge in [-0.25, -0.2) is 0 Å². The molecule has 5 nitrogen and oxygen atoms in total. The molecule has 6 heteroatoms. The van der Waals surface area contributed by atoms with E-state index in [1.165, 1.54) is 18.2 Å². The van der Waals surface area contributed by atoms with Crippen molar-refractivity contribution in [2.45, 2.75) is 13.0 Å².